The summed E-state index contributed by atoms with van der Waals surface area (Å²) in [6.45, 7) is 2.70. The first-order chi connectivity index (χ1) is 7.74. The second-order valence-corrected chi connectivity index (χ2v) is 4.64. The van der Waals surface area contributed by atoms with Crippen LogP contribution in [0.4, 0.5) is 0 Å². The van der Waals surface area contributed by atoms with Crippen LogP contribution in [0.3, 0.4) is 0 Å². The zero-order chi connectivity index (χ0) is 11.4. The highest BCUT2D eigenvalue weighted by atomic mass is 79.9. The van der Waals surface area contributed by atoms with E-state index in [1.165, 1.54) is 11.1 Å². The molecule has 0 fully saturated rings. The minimum absolute atomic E-state index is 0.613. The summed E-state index contributed by atoms with van der Waals surface area (Å²) in [5.41, 5.74) is 2.46. The molecule has 0 aromatic heterocycles. The summed E-state index contributed by atoms with van der Waals surface area (Å²) in [6, 6.07) is 16.2. The third-order valence-electron chi connectivity index (χ3n) is 2.34. The molecule has 0 atom stereocenters. The average Bonchev–Trinajstić information content (AvgIpc) is 2.30. The number of ether oxygens (including phenoxy) is 1. The van der Waals surface area contributed by atoms with Crippen LogP contribution < -0.4 is 4.74 Å². The van der Waals surface area contributed by atoms with Crippen molar-refractivity contribution in [3.05, 3.63) is 64.1 Å². The first-order valence-corrected chi connectivity index (χ1v) is 5.97. The van der Waals surface area contributed by atoms with Gasteiger partial charge in [-0.05, 0) is 36.8 Å². The Hall–Kier alpha value is -1.28. The van der Waals surface area contributed by atoms with Crippen molar-refractivity contribution in [2.24, 2.45) is 0 Å². The van der Waals surface area contributed by atoms with Gasteiger partial charge in [-0.15, -0.1) is 0 Å². The third kappa shape index (κ3) is 3.11. The molecule has 16 heavy (non-hydrogen) atoms. The standard InChI is InChI=1S/C14H13BrO/c1-11-2-4-12(5-3-11)10-16-14-8-6-13(15)7-9-14/h2-9H,10H2,1H3. The molecule has 2 aromatic carbocycles. The summed E-state index contributed by atoms with van der Waals surface area (Å²) < 4.78 is 6.73. The molecule has 0 saturated carbocycles. The molecule has 82 valence electrons. The van der Waals surface area contributed by atoms with Crippen molar-refractivity contribution in [1.82, 2.24) is 0 Å². The Labute approximate surface area is 104 Å². The summed E-state index contributed by atoms with van der Waals surface area (Å²) >= 11 is 3.39. The third-order valence-corrected chi connectivity index (χ3v) is 2.87. The van der Waals surface area contributed by atoms with Gasteiger partial charge in [0.2, 0.25) is 0 Å². The van der Waals surface area contributed by atoms with Crippen molar-refractivity contribution in [2.75, 3.05) is 0 Å². The van der Waals surface area contributed by atoms with Crippen molar-refractivity contribution in [3.63, 3.8) is 0 Å². The quantitative estimate of drug-likeness (QED) is 0.811. The fourth-order valence-electron chi connectivity index (χ4n) is 1.38. The van der Waals surface area contributed by atoms with Crippen molar-refractivity contribution in [3.8, 4) is 5.75 Å². The molecular weight excluding hydrogens is 264 g/mol. The van der Waals surface area contributed by atoms with E-state index >= 15 is 0 Å². The van der Waals surface area contributed by atoms with Crippen LogP contribution in [0.2, 0.25) is 0 Å². The topological polar surface area (TPSA) is 9.23 Å². The predicted octanol–water partition coefficient (Wildman–Crippen LogP) is 4.34. The van der Waals surface area contributed by atoms with E-state index in [-0.39, 0.29) is 0 Å². The highest BCUT2D eigenvalue weighted by Gasteiger charge is 1.95. The van der Waals surface area contributed by atoms with Crippen molar-refractivity contribution < 1.29 is 4.74 Å². The summed E-state index contributed by atoms with van der Waals surface area (Å²) in [4.78, 5) is 0. The Kier molecular flexibility index (Phi) is 3.62. The van der Waals surface area contributed by atoms with Gasteiger partial charge in [-0.1, -0.05) is 45.8 Å². The molecule has 0 spiro atoms. The Morgan fingerprint density at radius 2 is 1.56 bits per heavy atom. The number of hydrogen-bond acceptors (Lipinski definition) is 1. The normalized spacial score (nSPS) is 10.1. The Bertz CT molecular complexity index is 400. The van der Waals surface area contributed by atoms with Gasteiger partial charge < -0.3 is 4.74 Å². The monoisotopic (exact) mass is 276 g/mol. The Morgan fingerprint density at radius 3 is 2.19 bits per heavy atom. The van der Waals surface area contributed by atoms with Crippen molar-refractivity contribution in [1.29, 1.82) is 0 Å². The largest absolute Gasteiger partial charge is 0.489 e. The molecule has 0 unspecified atom stereocenters. The number of benzene rings is 2. The lowest BCUT2D eigenvalue weighted by Crippen LogP contribution is -1.94. The zero-order valence-corrected chi connectivity index (χ0v) is 10.7. The van der Waals surface area contributed by atoms with E-state index < -0.39 is 0 Å². The molecule has 0 aliphatic heterocycles. The average molecular weight is 277 g/mol. The van der Waals surface area contributed by atoms with Crippen molar-refractivity contribution in [2.45, 2.75) is 13.5 Å². The summed E-state index contributed by atoms with van der Waals surface area (Å²) in [5.74, 6) is 0.892. The smallest absolute Gasteiger partial charge is 0.119 e. The van der Waals surface area contributed by atoms with E-state index in [1.54, 1.807) is 0 Å². The molecule has 0 saturated heterocycles. The van der Waals surface area contributed by atoms with Crippen LogP contribution in [-0.4, -0.2) is 0 Å². The molecule has 0 aliphatic rings. The van der Waals surface area contributed by atoms with E-state index in [1.807, 2.05) is 24.3 Å². The fraction of sp³-hybridized carbons (Fsp3) is 0.143. The lowest BCUT2D eigenvalue weighted by Gasteiger charge is -2.06. The molecule has 2 rings (SSSR count). The van der Waals surface area contributed by atoms with Gasteiger partial charge in [-0.25, -0.2) is 0 Å². The van der Waals surface area contributed by atoms with E-state index in [9.17, 15) is 0 Å². The lowest BCUT2D eigenvalue weighted by molar-refractivity contribution is 0.306. The SMILES string of the molecule is Cc1ccc(COc2ccc(Br)cc2)cc1. The first kappa shape index (κ1) is 11.2. The van der Waals surface area contributed by atoms with Gasteiger partial charge in [0.25, 0.3) is 0 Å². The van der Waals surface area contributed by atoms with Gasteiger partial charge in [0.15, 0.2) is 0 Å². The molecular formula is C14H13BrO. The Balaban J connectivity index is 1.97. The van der Waals surface area contributed by atoms with Gasteiger partial charge in [-0.2, -0.15) is 0 Å². The number of rotatable bonds is 3. The van der Waals surface area contributed by atoms with E-state index in [4.69, 9.17) is 4.74 Å². The predicted molar refractivity (Wildman–Crippen MR) is 69.7 cm³/mol. The van der Waals surface area contributed by atoms with E-state index in [0.717, 1.165) is 10.2 Å². The molecule has 0 amide bonds. The highest BCUT2D eigenvalue weighted by molar-refractivity contribution is 9.10. The maximum Gasteiger partial charge on any atom is 0.119 e. The van der Waals surface area contributed by atoms with E-state index in [0.29, 0.717) is 6.61 Å². The van der Waals surface area contributed by atoms with Crippen LogP contribution in [0.5, 0.6) is 5.75 Å². The molecule has 0 heterocycles. The van der Waals surface area contributed by atoms with Crippen LogP contribution in [0.25, 0.3) is 0 Å². The van der Waals surface area contributed by atoms with Gasteiger partial charge in [0.05, 0.1) is 0 Å². The maximum absolute atomic E-state index is 5.67. The van der Waals surface area contributed by atoms with Gasteiger partial charge in [0.1, 0.15) is 12.4 Å². The molecule has 0 radical (unpaired) electrons. The summed E-state index contributed by atoms with van der Waals surface area (Å²) in [5, 5.41) is 0. The number of aryl methyl sites for hydroxylation is 1. The molecule has 0 N–H and O–H groups in total. The maximum atomic E-state index is 5.67. The highest BCUT2D eigenvalue weighted by Crippen LogP contribution is 2.17. The molecule has 1 nitrogen and oxygen atoms in total. The van der Waals surface area contributed by atoms with Crippen LogP contribution >= 0.6 is 15.9 Å². The summed E-state index contributed by atoms with van der Waals surface area (Å²) in [6.07, 6.45) is 0. The van der Waals surface area contributed by atoms with Crippen molar-refractivity contribution >= 4 is 15.9 Å². The van der Waals surface area contributed by atoms with Gasteiger partial charge in [-0.3, -0.25) is 0 Å². The second-order valence-electron chi connectivity index (χ2n) is 3.73. The van der Waals surface area contributed by atoms with Crippen LogP contribution in [-0.2, 0) is 6.61 Å². The molecule has 2 aromatic rings. The number of halogens is 1. The minimum atomic E-state index is 0.613. The first-order valence-electron chi connectivity index (χ1n) is 5.18. The van der Waals surface area contributed by atoms with E-state index in [2.05, 4.69) is 47.1 Å². The molecule has 0 bridgehead atoms. The lowest BCUT2D eigenvalue weighted by atomic mass is 10.2. The second kappa shape index (κ2) is 5.17. The van der Waals surface area contributed by atoms with Crippen LogP contribution in [0.1, 0.15) is 11.1 Å². The number of hydrogen-bond donors (Lipinski definition) is 0. The molecule has 0 aliphatic carbocycles. The Morgan fingerprint density at radius 1 is 0.938 bits per heavy atom. The summed E-state index contributed by atoms with van der Waals surface area (Å²) in [7, 11) is 0. The van der Waals surface area contributed by atoms with Gasteiger partial charge in [0, 0.05) is 4.47 Å². The van der Waals surface area contributed by atoms with Crippen LogP contribution in [0.15, 0.2) is 53.0 Å². The molecule has 2 heteroatoms. The van der Waals surface area contributed by atoms with Gasteiger partial charge >= 0.3 is 0 Å². The minimum Gasteiger partial charge on any atom is -0.489 e. The van der Waals surface area contributed by atoms with Crippen LogP contribution in [0, 0.1) is 6.92 Å². The fourth-order valence-corrected chi connectivity index (χ4v) is 1.65. The zero-order valence-electron chi connectivity index (χ0n) is 9.11.